The average Bonchev–Trinajstić information content (AvgIpc) is 3.42. The van der Waals surface area contributed by atoms with Gasteiger partial charge in [0.05, 0.1) is 13.1 Å². The minimum Gasteiger partial charge on any atom is -0.359 e. The van der Waals surface area contributed by atoms with Gasteiger partial charge in [-0.25, -0.2) is 4.79 Å². The van der Waals surface area contributed by atoms with Gasteiger partial charge in [0.15, 0.2) is 11.5 Å². The first-order chi connectivity index (χ1) is 14.6. The zero-order valence-corrected chi connectivity index (χ0v) is 16.8. The number of aryl methyl sites for hydroxylation is 2. The van der Waals surface area contributed by atoms with Gasteiger partial charge < -0.3 is 19.7 Å². The molecule has 0 fully saturated rings. The van der Waals surface area contributed by atoms with E-state index in [0.717, 1.165) is 22.5 Å². The molecule has 0 unspecified atom stereocenters. The van der Waals surface area contributed by atoms with Gasteiger partial charge in [-0.2, -0.15) is 0 Å². The largest absolute Gasteiger partial charge is 0.359 e. The molecule has 2 aromatic heterocycles. The van der Waals surface area contributed by atoms with Crippen LogP contribution in [0.3, 0.4) is 0 Å². The number of aromatic nitrogens is 2. The number of benzene rings is 2. The number of amides is 2. The highest BCUT2D eigenvalue weighted by molar-refractivity contribution is 5.73. The van der Waals surface area contributed by atoms with Crippen molar-refractivity contribution in [1.82, 2.24) is 20.9 Å². The number of urea groups is 1. The molecule has 0 spiro atoms. The van der Waals surface area contributed by atoms with Crippen molar-refractivity contribution in [3.63, 3.8) is 0 Å². The summed E-state index contributed by atoms with van der Waals surface area (Å²) in [7, 11) is 0. The summed E-state index contributed by atoms with van der Waals surface area (Å²) in [6, 6.07) is 19.3. The smallest absolute Gasteiger partial charge is 0.315 e. The van der Waals surface area contributed by atoms with Crippen molar-refractivity contribution < 1.29 is 13.8 Å². The van der Waals surface area contributed by atoms with E-state index in [9.17, 15) is 4.79 Å². The van der Waals surface area contributed by atoms with Crippen molar-refractivity contribution in [3.8, 4) is 22.5 Å². The summed E-state index contributed by atoms with van der Waals surface area (Å²) < 4.78 is 10.6. The average molecular weight is 402 g/mol. The molecule has 0 radical (unpaired) electrons. The molecule has 4 aromatic rings. The van der Waals surface area contributed by atoms with Gasteiger partial charge in [0.25, 0.3) is 0 Å². The summed E-state index contributed by atoms with van der Waals surface area (Å²) in [6.45, 7) is 4.52. The van der Waals surface area contributed by atoms with Crippen LogP contribution in [-0.4, -0.2) is 16.3 Å². The van der Waals surface area contributed by atoms with Crippen LogP contribution in [0.5, 0.6) is 0 Å². The lowest BCUT2D eigenvalue weighted by molar-refractivity contribution is 0.236. The molecule has 2 heterocycles. The van der Waals surface area contributed by atoms with E-state index in [1.165, 1.54) is 11.1 Å². The van der Waals surface area contributed by atoms with E-state index in [2.05, 4.69) is 20.9 Å². The molecule has 2 aromatic carbocycles. The van der Waals surface area contributed by atoms with Gasteiger partial charge in [-0.15, -0.1) is 0 Å². The summed E-state index contributed by atoms with van der Waals surface area (Å²) in [5.41, 5.74) is 5.76. The zero-order chi connectivity index (χ0) is 20.9. The number of carbonyl (C=O) groups excluding carboxylic acids is 1. The van der Waals surface area contributed by atoms with E-state index in [1.807, 2.05) is 74.5 Å². The van der Waals surface area contributed by atoms with E-state index in [-0.39, 0.29) is 19.1 Å². The summed E-state index contributed by atoms with van der Waals surface area (Å²) in [5, 5.41) is 13.6. The summed E-state index contributed by atoms with van der Waals surface area (Å²) in [6.07, 6.45) is 0. The second kappa shape index (κ2) is 8.65. The fourth-order valence-corrected chi connectivity index (χ4v) is 2.91. The van der Waals surface area contributed by atoms with Crippen LogP contribution in [0.4, 0.5) is 4.79 Å². The van der Waals surface area contributed by atoms with Crippen LogP contribution in [0.25, 0.3) is 22.5 Å². The zero-order valence-electron chi connectivity index (χ0n) is 16.8. The normalized spacial score (nSPS) is 10.7. The predicted octanol–water partition coefficient (Wildman–Crippen LogP) is 4.61. The molecular weight excluding hydrogens is 380 g/mol. The summed E-state index contributed by atoms with van der Waals surface area (Å²) >= 11 is 0. The van der Waals surface area contributed by atoms with Gasteiger partial charge in [-0.05, 0) is 13.8 Å². The molecule has 4 rings (SSSR count). The molecule has 0 aliphatic rings. The minimum absolute atomic E-state index is 0.232. The Morgan fingerprint density at radius 3 is 1.53 bits per heavy atom. The third-order valence-electron chi connectivity index (χ3n) is 4.66. The number of carbonyl (C=O) groups is 1. The third-order valence-corrected chi connectivity index (χ3v) is 4.66. The van der Waals surface area contributed by atoms with Gasteiger partial charge in [0, 0.05) is 23.3 Å². The van der Waals surface area contributed by atoms with Crippen LogP contribution in [-0.2, 0) is 13.1 Å². The second-order valence-electron chi connectivity index (χ2n) is 7.13. The second-order valence-corrected chi connectivity index (χ2v) is 7.13. The van der Waals surface area contributed by atoms with E-state index >= 15 is 0 Å². The Hall–Kier alpha value is -3.87. The monoisotopic (exact) mass is 402 g/mol. The molecular formula is C23H22N4O3. The fourth-order valence-electron chi connectivity index (χ4n) is 2.91. The molecule has 0 aliphatic carbocycles. The molecule has 0 bridgehead atoms. The van der Waals surface area contributed by atoms with Crippen molar-refractivity contribution in [2.24, 2.45) is 0 Å². The molecule has 30 heavy (non-hydrogen) atoms. The topological polar surface area (TPSA) is 93.2 Å². The summed E-state index contributed by atoms with van der Waals surface area (Å²) in [5.74, 6) is 1.14. The SMILES string of the molecule is Cc1ccc(-c2cc(CNC(=O)NCc3cc(-c4ccc(C)cc4)no3)on2)cc1. The van der Waals surface area contributed by atoms with E-state index in [0.29, 0.717) is 11.5 Å². The Kier molecular flexibility index (Phi) is 5.61. The molecule has 0 saturated carbocycles. The first kappa shape index (κ1) is 19.4. The first-order valence-electron chi connectivity index (χ1n) is 9.64. The van der Waals surface area contributed by atoms with E-state index in [1.54, 1.807) is 0 Å². The standard InChI is InChI=1S/C23H22N4O3/c1-15-3-7-17(8-4-15)21-11-19(29-26-21)13-24-23(28)25-14-20-12-22(27-30-20)18-9-5-16(2)6-10-18/h3-12H,13-14H2,1-2H3,(H2,24,25,28). The van der Waals surface area contributed by atoms with Crippen molar-refractivity contribution >= 4 is 6.03 Å². The fraction of sp³-hybridized carbons (Fsp3) is 0.174. The number of hydrogen-bond donors (Lipinski definition) is 2. The van der Waals surface area contributed by atoms with E-state index in [4.69, 9.17) is 9.05 Å². The van der Waals surface area contributed by atoms with Gasteiger partial charge in [0.1, 0.15) is 11.4 Å². The maximum Gasteiger partial charge on any atom is 0.315 e. The highest BCUT2D eigenvalue weighted by atomic mass is 16.5. The van der Waals surface area contributed by atoms with Crippen molar-refractivity contribution in [2.75, 3.05) is 0 Å². The van der Waals surface area contributed by atoms with Crippen LogP contribution in [0.2, 0.25) is 0 Å². The Balaban J connectivity index is 1.27. The van der Waals surface area contributed by atoms with Gasteiger partial charge in [-0.1, -0.05) is 70.0 Å². The Bertz CT molecular complexity index is 1040. The molecule has 7 nitrogen and oxygen atoms in total. The minimum atomic E-state index is -0.337. The lowest BCUT2D eigenvalue weighted by Gasteiger charge is -2.03. The molecule has 2 amide bonds. The maximum atomic E-state index is 12.1. The maximum absolute atomic E-state index is 12.1. The van der Waals surface area contributed by atoms with Crippen molar-refractivity contribution in [2.45, 2.75) is 26.9 Å². The molecule has 2 N–H and O–H groups in total. The van der Waals surface area contributed by atoms with E-state index < -0.39 is 0 Å². The molecule has 0 aliphatic heterocycles. The Morgan fingerprint density at radius 2 is 1.13 bits per heavy atom. The quantitative estimate of drug-likeness (QED) is 0.491. The summed E-state index contributed by atoms with van der Waals surface area (Å²) in [4.78, 5) is 12.1. The van der Waals surface area contributed by atoms with Crippen LogP contribution in [0.1, 0.15) is 22.6 Å². The number of nitrogens with zero attached hydrogens (tertiary/aromatic N) is 2. The Morgan fingerprint density at radius 1 is 0.733 bits per heavy atom. The number of nitrogens with one attached hydrogen (secondary N) is 2. The highest BCUT2D eigenvalue weighted by Gasteiger charge is 2.10. The lowest BCUT2D eigenvalue weighted by Crippen LogP contribution is -2.34. The molecule has 0 saturated heterocycles. The first-order valence-corrected chi connectivity index (χ1v) is 9.64. The number of rotatable bonds is 6. The predicted molar refractivity (Wildman–Crippen MR) is 112 cm³/mol. The highest BCUT2D eigenvalue weighted by Crippen LogP contribution is 2.20. The van der Waals surface area contributed by atoms with Crippen molar-refractivity contribution in [1.29, 1.82) is 0 Å². The molecule has 152 valence electrons. The molecule has 7 heteroatoms. The molecule has 0 atom stereocenters. The van der Waals surface area contributed by atoms with Gasteiger partial charge in [-0.3, -0.25) is 0 Å². The Labute approximate surface area is 174 Å². The van der Waals surface area contributed by atoms with Crippen LogP contribution < -0.4 is 10.6 Å². The van der Waals surface area contributed by atoms with Crippen LogP contribution >= 0.6 is 0 Å². The lowest BCUT2D eigenvalue weighted by atomic mass is 10.1. The van der Waals surface area contributed by atoms with Gasteiger partial charge >= 0.3 is 6.03 Å². The van der Waals surface area contributed by atoms with Gasteiger partial charge in [0.2, 0.25) is 0 Å². The third kappa shape index (κ3) is 4.75. The van der Waals surface area contributed by atoms with Crippen LogP contribution in [0, 0.1) is 13.8 Å². The number of hydrogen-bond acceptors (Lipinski definition) is 5. The van der Waals surface area contributed by atoms with Crippen molar-refractivity contribution in [3.05, 3.63) is 83.3 Å². The van der Waals surface area contributed by atoms with Crippen LogP contribution in [0.15, 0.2) is 69.7 Å².